The molecule has 0 aromatic heterocycles. The number of nitrogens with zero attached hydrogens (tertiary/aromatic N) is 1. The molecule has 2 amide bonds. The third kappa shape index (κ3) is 1.75. The monoisotopic (exact) mass is 282 g/mol. The number of likely N-dealkylation sites (tertiary alicyclic amines) is 1. The number of fused-ring (bicyclic) bond motifs is 5. The van der Waals surface area contributed by atoms with E-state index in [0.29, 0.717) is 0 Å². The van der Waals surface area contributed by atoms with Crippen molar-refractivity contribution < 1.29 is 9.59 Å². The molecule has 1 N–H and O–H groups in total. The van der Waals surface area contributed by atoms with Crippen LogP contribution in [0.2, 0.25) is 0 Å². The van der Waals surface area contributed by atoms with Crippen molar-refractivity contribution in [3.63, 3.8) is 0 Å². The van der Waals surface area contributed by atoms with Crippen molar-refractivity contribution in [1.29, 1.82) is 0 Å². The second-order valence-electron chi connectivity index (χ2n) is 6.25. The molecule has 2 fully saturated rings. The highest BCUT2D eigenvalue weighted by molar-refractivity contribution is 6.06. The van der Waals surface area contributed by atoms with Crippen LogP contribution in [0.5, 0.6) is 0 Å². The third-order valence-electron chi connectivity index (χ3n) is 5.13. The van der Waals surface area contributed by atoms with E-state index < -0.39 is 0 Å². The Morgan fingerprint density at radius 3 is 2.33 bits per heavy atom. The fraction of sp³-hybridized carbons (Fsp3) is 0.412. The molecule has 1 saturated carbocycles. The van der Waals surface area contributed by atoms with Gasteiger partial charge in [0, 0.05) is 5.69 Å². The Morgan fingerprint density at radius 1 is 1.10 bits per heavy atom. The number of anilines is 1. The van der Waals surface area contributed by atoms with E-state index in [4.69, 9.17) is 0 Å². The summed E-state index contributed by atoms with van der Waals surface area (Å²) in [5.41, 5.74) is 2.08. The first-order valence-corrected chi connectivity index (χ1v) is 7.50. The zero-order chi connectivity index (χ0) is 14.6. The van der Waals surface area contributed by atoms with Gasteiger partial charge in [0.05, 0.1) is 18.5 Å². The summed E-state index contributed by atoms with van der Waals surface area (Å²) in [5, 5.41) is 3.22. The molecule has 4 atom stereocenters. The highest BCUT2D eigenvalue weighted by Gasteiger charge is 2.59. The molecule has 4 heteroatoms. The molecule has 0 radical (unpaired) electrons. The van der Waals surface area contributed by atoms with Crippen LogP contribution < -0.4 is 5.32 Å². The Bertz CT molecular complexity index is 622. The first-order valence-electron chi connectivity index (χ1n) is 7.50. The lowest BCUT2D eigenvalue weighted by Crippen LogP contribution is -2.37. The summed E-state index contributed by atoms with van der Waals surface area (Å²) in [6.45, 7) is 2.28. The van der Waals surface area contributed by atoms with Crippen LogP contribution in [0, 0.1) is 30.6 Å². The second-order valence-corrected chi connectivity index (χ2v) is 6.25. The molecule has 3 aliphatic rings. The normalized spacial score (nSPS) is 32.9. The highest BCUT2D eigenvalue weighted by atomic mass is 16.2. The number of amides is 2. The van der Waals surface area contributed by atoms with Gasteiger partial charge in [-0.3, -0.25) is 14.5 Å². The zero-order valence-electron chi connectivity index (χ0n) is 12.0. The summed E-state index contributed by atoms with van der Waals surface area (Å²) >= 11 is 0. The van der Waals surface area contributed by atoms with Crippen molar-refractivity contribution in [2.24, 2.45) is 23.7 Å². The van der Waals surface area contributed by atoms with E-state index in [1.54, 1.807) is 0 Å². The Labute approximate surface area is 123 Å². The van der Waals surface area contributed by atoms with Crippen LogP contribution in [0.1, 0.15) is 12.0 Å². The van der Waals surface area contributed by atoms with Gasteiger partial charge >= 0.3 is 0 Å². The van der Waals surface area contributed by atoms with Crippen LogP contribution >= 0.6 is 0 Å². The number of imide groups is 1. The maximum absolute atomic E-state index is 12.5. The number of carbonyl (C=O) groups excluding carboxylic acids is 2. The van der Waals surface area contributed by atoms with Crippen molar-refractivity contribution in [3.05, 3.63) is 42.0 Å². The Hall–Kier alpha value is -2.10. The molecule has 2 aliphatic carbocycles. The van der Waals surface area contributed by atoms with Gasteiger partial charge in [-0.1, -0.05) is 30.4 Å². The molecule has 108 valence electrons. The molecule has 1 heterocycles. The van der Waals surface area contributed by atoms with Crippen LogP contribution in [0.3, 0.4) is 0 Å². The maximum atomic E-state index is 12.5. The number of rotatable bonds is 3. The van der Waals surface area contributed by atoms with E-state index in [1.165, 1.54) is 4.90 Å². The molecule has 21 heavy (non-hydrogen) atoms. The van der Waals surface area contributed by atoms with Gasteiger partial charge in [-0.2, -0.15) is 0 Å². The van der Waals surface area contributed by atoms with Gasteiger partial charge < -0.3 is 5.32 Å². The van der Waals surface area contributed by atoms with Gasteiger partial charge in [0.2, 0.25) is 11.8 Å². The topological polar surface area (TPSA) is 49.4 Å². The fourth-order valence-corrected chi connectivity index (χ4v) is 4.06. The number of hydrogen-bond acceptors (Lipinski definition) is 3. The summed E-state index contributed by atoms with van der Waals surface area (Å²) < 4.78 is 0. The molecular weight excluding hydrogens is 264 g/mol. The molecular formula is C17H18N2O2. The van der Waals surface area contributed by atoms with Crippen LogP contribution in [0.15, 0.2) is 36.4 Å². The fourth-order valence-electron chi connectivity index (χ4n) is 4.06. The standard InChI is InChI=1S/C17H18N2O2/c1-10-4-2-3-5-13(10)18-9-19-16(20)14-11-6-7-12(8-11)15(14)17(19)21/h2-7,11-12,14-15,18H,8-9H2,1H3/t11-,12+,14-,15-/m0/s1. The molecule has 1 aliphatic heterocycles. The molecule has 0 unspecified atom stereocenters. The molecule has 1 aromatic rings. The molecule has 0 spiro atoms. The van der Waals surface area contributed by atoms with Crippen molar-refractivity contribution in [2.75, 3.05) is 12.0 Å². The lowest BCUT2D eigenvalue weighted by atomic mass is 9.85. The third-order valence-corrected chi connectivity index (χ3v) is 5.13. The molecule has 1 saturated heterocycles. The first kappa shape index (κ1) is 12.6. The van der Waals surface area contributed by atoms with Gasteiger partial charge in [-0.25, -0.2) is 0 Å². The summed E-state index contributed by atoms with van der Waals surface area (Å²) in [4.78, 5) is 26.5. The number of benzene rings is 1. The van der Waals surface area contributed by atoms with Crippen LogP contribution in [0.25, 0.3) is 0 Å². The maximum Gasteiger partial charge on any atom is 0.235 e. The van der Waals surface area contributed by atoms with Crippen LogP contribution in [-0.2, 0) is 9.59 Å². The zero-order valence-corrected chi connectivity index (χ0v) is 12.0. The highest BCUT2D eigenvalue weighted by Crippen LogP contribution is 2.52. The minimum atomic E-state index is -0.105. The lowest BCUT2D eigenvalue weighted by Gasteiger charge is -2.19. The van der Waals surface area contributed by atoms with E-state index in [9.17, 15) is 9.59 Å². The van der Waals surface area contributed by atoms with E-state index in [1.807, 2.05) is 31.2 Å². The Morgan fingerprint density at radius 2 is 1.71 bits per heavy atom. The van der Waals surface area contributed by atoms with Crippen molar-refractivity contribution >= 4 is 17.5 Å². The SMILES string of the molecule is Cc1ccccc1NCN1C(=O)[C@@H]2[C@@H](C1=O)[C@H]1C=C[C@@H]2C1. The number of nitrogens with one attached hydrogen (secondary N) is 1. The van der Waals surface area contributed by atoms with Crippen molar-refractivity contribution in [1.82, 2.24) is 4.90 Å². The van der Waals surface area contributed by atoms with Gasteiger partial charge in [0.25, 0.3) is 0 Å². The quantitative estimate of drug-likeness (QED) is 0.683. The number of aryl methyl sites for hydroxylation is 1. The predicted molar refractivity (Wildman–Crippen MR) is 79.2 cm³/mol. The summed E-state index contributed by atoms with van der Waals surface area (Å²) in [5.74, 6) is 0.350. The Kier molecular flexibility index (Phi) is 2.67. The minimum absolute atomic E-state index is 0.00272. The average molecular weight is 282 g/mol. The first-order chi connectivity index (χ1) is 10.2. The van der Waals surface area contributed by atoms with Crippen LogP contribution in [0.4, 0.5) is 5.69 Å². The molecule has 4 nitrogen and oxygen atoms in total. The largest absolute Gasteiger partial charge is 0.367 e. The average Bonchev–Trinajstić information content (AvgIpc) is 3.14. The molecule has 1 aromatic carbocycles. The van der Waals surface area contributed by atoms with E-state index in [-0.39, 0.29) is 42.2 Å². The summed E-state index contributed by atoms with van der Waals surface area (Å²) in [6.07, 6.45) is 5.22. The van der Waals surface area contributed by atoms with E-state index in [0.717, 1.165) is 17.7 Å². The smallest absolute Gasteiger partial charge is 0.235 e. The van der Waals surface area contributed by atoms with Crippen LogP contribution in [-0.4, -0.2) is 23.4 Å². The van der Waals surface area contributed by atoms with Crippen molar-refractivity contribution in [3.8, 4) is 0 Å². The lowest BCUT2D eigenvalue weighted by molar-refractivity contribution is -0.140. The van der Waals surface area contributed by atoms with Crippen molar-refractivity contribution in [2.45, 2.75) is 13.3 Å². The summed E-state index contributed by atoms with van der Waals surface area (Å²) in [7, 11) is 0. The summed E-state index contributed by atoms with van der Waals surface area (Å²) in [6, 6.07) is 7.89. The Balaban J connectivity index is 1.51. The second kappa shape index (κ2) is 4.45. The van der Waals surface area contributed by atoms with Gasteiger partial charge in [0.15, 0.2) is 0 Å². The van der Waals surface area contributed by atoms with Gasteiger partial charge in [-0.05, 0) is 36.8 Å². The van der Waals surface area contributed by atoms with Gasteiger partial charge in [-0.15, -0.1) is 0 Å². The van der Waals surface area contributed by atoms with E-state index >= 15 is 0 Å². The molecule has 4 rings (SSSR count). The number of allylic oxidation sites excluding steroid dienone is 2. The predicted octanol–water partition coefficient (Wildman–Crippen LogP) is 2.17. The number of para-hydroxylation sites is 1. The van der Waals surface area contributed by atoms with Gasteiger partial charge in [0.1, 0.15) is 0 Å². The number of hydrogen-bond donors (Lipinski definition) is 1. The molecule has 2 bridgehead atoms. The van der Waals surface area contributed by atoms with E-state index in [2.05, 4.69) is 17.5 Å². The minimum Gasteiger partial charge on any atom is -0.367 e. The number of carbonyl (C=O) groups is 2.